The summed E-state index contributed by atoms with van der Waals surface area (Å²) in [6.45, 7) is 0. The molecule has 2 nitrogen and oxygen atoms in total. The molecule has 0 aliphatic heterocycles. The van der Waals surface area contributed by atoms with Crippen molar-refractivity contribution in [2.75, 3.05) is 19.9 Å². The molecule has 1 unspecified atom stereocenters. The van der Waals surface area contributed by atoms with Gasteiger partial charge in [-0.25, -0.2) is 8.78 Å². The molecule has 112 valence electrons. The molecule has 1 atom stereocenters. The van der Waals surface area contributed by atoms with Crippen LogP contribution < -0.4 is 10.1 Å². The van der Waals surface area contributed by atoms with Crippen LogP contribution in [0.15, 0.2) is 47.4 Å². The van der Waals surface area contributed by atoms with Crippen molar-refractivity contribution in [1.29, 1.82) is 0 Å². The van der Waals surface area contributed by atoms with Gasteiger partial charge in [0.05, 0.1) is 7.11 Å². The molecule has 2 aromatic carbocycles. The minimum atomic E-state index is -0.825. The maximum atomic E-state index is 13.2. The van der Waals surface area contributed by atoms with E-state index in [2.05, 4.69) is 5.32 Å². The number of thioether (sulfide) groups is 1. The number of rotatable bonds is 6. The summed E-state index contributed by atoms with van der Waals surface area (Å²) in [6.07, 6.45) is 0. The Hall–Kier alpha value is -1.59. The highest BCUT2D eigenvalue weighted by Crippen LogP contribution is 2.30. The van der Waals surface area contributed by atoms with E-state index in [0.717, 1.165) is 17.4 Å². The third-order valence-corrected chi connectivity index (χ3v) is 4.26. The largest absolute Gasteiger partial charge is 0.496 e. The van der Waals surface area contributed by atoms with E-state index in [1.54, 1.807) is 13.2 Å². The molecule has 1 N–H and O–H groups in total. The fourth-order valence-corrected chi connectivity index (χ4v) is 3.09. The summed E-state index contributed by atoms with van der Waals surface area (Å²) in [6, 6.07) is 11.8. The lowest BCUT2D eigenvalue weighted by Crippen LogP contribution is -2.19. The summed E-state index contributed by atoms with van der Waals surface area (Å²) in [5.74, 6) is -0.155. The van der Waals surface area contributed by atoms with Crippen molar-refractivity contribution in [1.82, 2.24) is 5.32 Å². The van der Waals surface area contributed by atoms with Crippen LogP contribution in [0, 0.1) is 11.6 Å². The van der Waals surface area contributed by atoms with Crippen LogP contribution in [-0.4, -0.2) is 19.9 Å². The summed E-state index contributed by atoms with van der Waals surface area (Å²) in [4.78, 5) is 0.698. The second-order valence-electron chi connectivity index (χ2n) is 4.47. The van der Waals surface area contributed by atoms with E-state index in [0.29, 0.717) is 10.6 Å². The molecule has 0 aromatic heterocycles. The molecular weight excluding hydrogens is 292 g/mol. The number of methoxy groups -OCH3 is 1. The van der Waals surface area contributed by atoms with E-state index in [4.69, 9.17) is 4.74 Å². The Bertz CT molecular complexity index is 607. The number of hydrogen-bond acceptors (Lipinski definition) is 3. The fourth-order valence-electron chi connectivity index (χ4n) is 2.03. The van der Waals surface area contributed by atoms with Gasteiger partial charge in [-0.2, -0.15) is 0 Å². The van der Waals surface area contributed by atoms with Gasteiger partial charge in [-0.1, -0.05) is 18.2 Å². The van der Waals surface area contributed by atoms with Gasteiger partial charge < -0.3 is 10.1 Å². The highest BCUT2D eigenvalue weighted by molar-refractivity contribution is 7.99. The lowest BCUT2D eigenvalue weighted by Gasteiger charge is -2.19. The Labute approximate surface area is 127 Å². The van der Waals surface area contributed by atoms with Gasteiger partial charge in [-0.15, -0.1) is 11.8 Å². The normalized spacial score (nSPS) is 12.2. The molecule has 5 heteroatoms. The Balaban J connectivity index is 2.10. The molecule has 0 aliphatic rings. The molecule has 0 bridgehead atoms. The predicted octanol–water partition coefficient (Wildman–Crippen LogP) is 4.03. The lowest BCUT2D eigenvalue weighted by molar-refractivity contribution is 0.404. The first kappa shape index (κ1) is 15.8. The van der Waals surface area contributed by atoms with Crippen molar-refractivity contribution in [3.63, 3.8) is 0 Å². The van der Waals surface area contributed by atoms with Crippen LogP contribution in [0.4, 0.5) is 8.78 Å². The molecule has 0 fully saturated rings. The van der Waals surface area contributed by atoms with Crippen LogP contribution in [0.25, 0.3) is 0 Å². The van der Waals surface area contributed by atoms with Crippen molar-refractivity contribution in [2.24, 2.45) is 0 Å². The van der Waals surface area contributed by atoms with E-state index in [9.17, 15) is 8.78 Å². The Morgan fingerprint density at radius 2 is 1.90 bits per heavy atom. The first-order chi connectivity index (χ1) is 10.2. The third kappa shape index (κ3) is 3.95. The number of nitrogens with one attached hydrogen (secondary N) is 1. The zero-order chi connectivity index (χ0) is 15.2. The first-order valence-electron chi connectivity index (χ1n) is 6.53. The topological polar surface area (TPSA) is 21.3 Å². The van der Waals surface area contributed by atoms with Gasteiger partial charge >= 0.3 is 0 Å². The van der Waals surface area contributed by atoms with Gasteiger partial charge in [0, 0.05) is 22.3 Å². The molecule has 2 aromatic rings. The molecule has 0 spiro atoms. The highest BCUT2D eigenvalue weighted by atomic mass is 32.2. The highest BCUT2D eigenvalue weighted by Gasteiger charge is 2.14. The molecule has 0 aliphatic carbocycles. The van der Waals surface area contributed by atoms with Gasteiger partial charge in [0.2, 0.25) is 0 Å². The maximum Gasteiger partial charge on any atom is 0.159 e. The van der Waals surface area contributed by atoms with Gasteiger partial charge in [0.25, 0.3) is 0 Å². The van der Waals surface area contributed by atoms with E-state index in [-0.39, 0.29) is 6.04 Å². The molecular formula is C16H17F2NOS. The smallest absolute Gasteiger partial charge is 0.159 e. The van der Waals surface area contributed by atoms with Crippen molar-refractivity contribution < 1.29 is 13.5 Å². The Morgan fingerprint density at radius 1 is 1.14 bits per heavy atom. The van der Waals surface area contributed by atoms with E-state index < -0.39 is 11.6 Å². The van der Waals surface area contributed by atoms with Crippen molar-refractivity contribution >= 4 is 11.8 Å². The summed E-state index contributed by atoms with van der Waals surface area (Å²) in [5, 5.41) is 3.22. The standard InChI is InChI=1S/C16H17F2NOS/c1-19-15(12-5-3-4-6-16(12)20-2)10-21-11-7-8-13(17)14(18)9-11/h3-9,15,19H,10H2,1-2H3. The summed E-state index contributed by atoms with van der Waals surface area (Å²) in [5.41, 5.74) is 1.04. The SMILES string of the molecule is CNC(CSc1ccc(F)c(F)c1)c1ccccc1OC. The second kappa shape index (κ2) is 7.43. The number of benzene rings is 2. The number of hydrogen-bond donors (Lipinski definition) is 1. The van der Waals surface area contributed by atoms with Crippen LogP contribution in [0.5, 0.6) is 5.75 Å². The van der Waals surface area contributed by atoms with Crippen LogP contribution in [0.1, 0.15) is 11.6 Å². The van der Waals surface area contributed by atoms with Gasteiger partial charge in [-0.05, 0) is 31.3 Å². The van der Waals surface area contributed by atoms with Crippen LogP contribution in [-0.2, 0) is 0 Å². The van der Waals surface area contributed by atoms with Crippen molar-refractivity contribution in [3.8, 4) is 5.75 Å². The van der Waals surface area contributed by atoms with Gasteiger partial charge in [0.15, 0.2) is 11.6 Å². The zero-order valence-electron chi connectivity index (χ0n) is 11.9. The van der Waals surface area contributed by atoms with E-state index >= 15 is 0 Å². The molecule has 0 saturated heterocycles. The fraction of sp³-hybridized carbons (Fsp3) is 0.250. The number of ether oxygens (including phenoxy) is 1. The number of para-hydroxylation sites is 1. The summed E-state index contributed by atoms with van der Waals surface area (Å²) >= 11 is 1.47. The van der Waals surface area contributed by atoms with E-state index in [1.807, 2.05) is 31.3 Å². The maximum absolute atomic E-state index is 13.2. The molecule has 0 radical (unpaired) electrons. The van der Waals surface area contributed by atoms with Crippen molar-refractivity contribution in [2.45, 2.75) is 10.9 Å². The average molecular weight is 309 g/mol. The summed E-state index contributed by atoms with van der Waals surface area (Å²) < 4.78 is 31.5. The Morgan fingerprint density at radius 3 is 2.57 bits per heavy atom. The van der Waals surface area contributed by atoms with Crippen LogP contribution in [0.3, 0.4) is 0 Å². The lowest BCUT2D eigenvalue weighted by atomic mass is 10.1. The molecule has 21 heavy (non-hydrogen) atoms. The predicted molar refractivity (Wildman–Crippen MR) is 81.9 cm³/mol. The van der Waals surface area contributed by atoms with Gasteiger partial charge in [-0.3, -0.25) is 0 Å². The van der Waals surface area contributed by atoms with Crippen LogP contribution >= 0.6 is 11.8 Å². The zero-order valence-corrected chi connectivity index (χ0v) is 12.7. The molecule has 2 rings (SSSR count). The number of halogens is 2. The quantitative estimate of drug-likeness (QED) is 0.814. The minimum absolute atomic E-state index is 0.0549. The third-order valence-electron chi connectivity index (χ3n) is 3.17. The summed E-state index contributed by atoms with van der Waals surface area (Å²) in [7, 11) is 3.50. The first-order valence-corrected chi connectivity index (χ1v) is 7.52. The average Bonchev–Trinajstić information content (AvgIpc) is 2.51. The second-order valence-corrected chi connectivity index (χ2v) is 5.56. The molecule has 0 saturated carbocycles. The van der Waals surface area contributed by atoms with Gasteiger partial charge in [0.1, 0.15) is 5.75 Å². The molecule has 0 heterocycles. The van der Waals surface area contributed by atoms with Crippen LogP contribution in [0.2, 0.25) is 0 Å². The van der Waals surface area contributed by atoms with E-state index in [1.165, 1.54) is 17.8 Å². The minimum Gasteiger partial charge on any atom is -0.496 e. The monoisotopic (exact) mass is 309 g/mol. The Kier molecular flexibility index (Phi) is 5.59. The van der Waals surface area contributed by atoms with Crippen molar-refractivity contribution in [3.05, 3.63) is 59.7 Å². The molecule has 0 amide bonds.